The summed E-state index contributed by atoms with van der Waals surface area (Å²) in [6.07, 6.45) is 1.78. The third kappa shape index (κ3) is 3.37. The highest BCUT2D eigenvalue weighted by atomic mass is 16.1. The molecular formula is C15H17N3O. The van der Waals surface area contributed by atoms with Crippen molar-refractivity contribution in [3.63, 3.8) is 0 Å². The summed E-state index contributed by atoms with van der Waals surface area (Å²) in [5.41, 5.74) is 2.70. The van der Waals surface area contributed by atoms with E-state index in [9.17, 15) is 4.79 Å². The Morgan fingerprint density at radius 1 is 1.16 bits per heavy atom. The highest BCUT2D eigenvalue weighted by Crippen LogP contribution is 2.20. The van der Waals surface area contributed by atoms with Crippen LogP contribution < -0.4 is 5.32 Å². The largest absolute Gasteiger partial charge is 0.326 e. The number of aromatic nitrogens is 2. The van der Waals surface area contributed by atoms with Crippen LogP contribution >= 0.6 is 0 Å². The Balaban J connectivity index is 2.26. The van der Waals surface area contributed by atoms with E-state index in [2.05, 4.69) is 29.1 Å². The van der Waals surface area contributed by atoms with Gasteiger partial charge in [0.05, 0.1) is 5.69 Å². The molecule has 0 bridgehead atoms. The monoisotopic (exact) mass is 255 g/mol. The van der Waals surface area contributed by atoms with Crippen LogP contribution in [0.5, 0.6) is 0 Å². The number of hydrogen-bond acceptors (Lipinski definition) is 3. The molecule has 19 heavy (non-hydrogen) atoms. The number of benzene rings is 1. The minimum absolute atomic E-state index is 0.0723. The molecule has 0 aliphatic rings. The van der Waals surface area contributed by atoms with E-state index < -0.39 is 0 Å². The second kappa shape index (κ2) is 5.61. The van der Waals surface area contributed by atoms with E-state index >= 15 is 0 Å². The molecular weight excluding hydrogens is 238 g/mol. The number of amides is 1. The number of carbonyl (C=O) groups is 1. The first kappa shape index (κ1) is 13.2. The minimum atomic E-state index is -0.0723. The van der Waals surface area contributed by atoms with Crippen molar-refractivity contribution in [1.29, 1.82) is 0 Å². The van der Waals surface area contributed by atoms with Crippen LogP contribution in [-0.2, 0) is 4.79 Å². The summed E-state index contributed by atoms with van der Waals surface area (Å²) in [6.45, 7) is 5.63. The second-order valence-corrected chi connectivity index (χ2v) is 4.71. The maximum Gasteiger partial charge on any atom is 0.221 e. The van der Waals surface area contributed by atoms with Gasteiger partial charge in [0, 0.05) is 30.3 Å². The maximum atomic E-state index is 11.0. The molecule has 0 fully saturated rings. The van der Waals surface area contributed by atoms with Gasteiger partial charge in [-0.1, -0.05) is 26.0 Å². The van der Waals surface area contributed by atoms with Crippen molar-refractivity contribution in [2.75, 3.05) is 5.32 Å². The lowest BCUT2D eigenvalue weighted by Crippen LogP contribution is -2.05. The van der Waals surface area contributed by atoms with Crippen molar-refractivity contribution in [3.8, 4) is 11.3 Å². The first-order valence-electron chi connectivity index (χ1n) is 6.27. The zero-order chi connectivity index (χ0) is 13.8. The van der Waals surface area contributed by atoms with Gasteiger partial charge in [0.1, 0.15) is 5.82 Å². The van der Waals surface area contributed by atoms with Gasteiger partial charge in [0.2, 0.25) is 5.91 Å². The van der Waals surface area contributed by atoms with Crippen LogP contribution in [0, 0.1) is 0 Å². The molecule has 0 spiro atoms. The highest BCUT2D eigenvalue weighted by molar-refractivity contribution is 5.88. The third-order valence-corrected chi connectivity index (χ3v) is 2.69. The van der Waals surface area contributed by atoms with Crippen LogP contribution in [0.15, 0.2) is 36.5 Å². The number of carbonyl (C=O) groups excluding carboxylic acids is 1. The van der Waals surface area contributed by atoms with Gasteiger partial charge in [-0.2, -0.15) is 0 Å². The standard InChI is InChI=1S/C15H17N3O/c1-10(2)15-16-9-8-14(18-15)12-4-6-13(7-5-12)17-11(3)19/h4-10H,1-3H3,(H,17,19). The summed E-state index contributed by atoms with van der Waals surface area (Å²) in [5, 5.41) is 2.74. The molecule has 4 nitrogen and oxygen atoms in total. The molecule has 1 N–H and O–H groups in total. The summed E-state index contributed by atoms with van der Waals surface area (Å²) in [4.78, 5) is 19.7. The fourth-order valence-corrected chi connectivity index (χ4v) is 1.74. The molecule has 0 aliphatic heterocycles. The predicted octanol–water partition coefficient (Wildman–Crippen LogP) is 3.23. The molecule has 1 heterocycles. The van der Waals surface area contributed by atoms with Crippen LogP contribution in [-0.4, -0.2) is 15.9 Å². The SMILES string of the molecule is CC(=O)Nc1ccc(-c2ccnc(C(C)C)n2)cc1. The van der Waals surface area contributed by atoms with Crippen molar-refractivity contribution >= 4 is 11.6 Å². The van der Waals surface area contributed by atoms with E-state index in [1.54, 1.807) is 6.20 Å². The minimum Gasteiger partial charge on any atom is -0.326 e. The Morgan fingerprint density at radius 3 is 2.42 bits per heavy atom. The van der Waals surface area contributed by atoms with Gasteiger partial charge in [-0.25, -0.2) is 9.97 Å². The highest BCUT2D eigenvalue weighted by Gasteiger charge is 2.05. The molecule has 98 valence electrons. The molecule has 1 aromatic heterocycles. The summed E-state index contributed by atoms with van der Waals surface area (Å²) in [6, 6.07) is 9.51. The van der Waals surface area contributed by atoms with E-state index in [4.69, 9.17) is 0 Å². The van der Waals surface area contributed by atoms with Crippen LogP contribution in [0.3, 0.4) is 0 Å². The Kier molecular flexibility index (Phi) is 3.90. The third-order valence-electron chi connectivity index (χ3n) is 2.69. The molecule has 2 rings (SSSR count). The molecule has 0 atom stereocenters. The molecule has 0 aliphatic carbocycles. The lowest BCUT2D eigenvalue weighted by Gasteiger charge is -2.07. The summed E-state index contributed by atoms with van der Waals surface area (Å²) in [5.74, 6) is 1.07. The average molecular weight is 255 g/mol. The molecule has 1 amide bonds. The Bertz CT molecular complexity index is 576. The number of nitrogens with one attached hydrogen (secondary N) is 1. The number of hydrogen-bond donors (Lipinski definition) is 1. The van der Waals surface area contributed by atoms with E-state index in [1.165, 1.54) is 6.92 Å². The van der Waals surface area contributed by atoms with Gasteiger partial charge < -0.3 is 5.32 Å². The number of anilines is 1. The lowest BCUT2D eigenvalue weighted by atomic mass is 10.1. The maximum absolute atomic E-state index is 11.0. The van der Waals surface area contributed by atoms with Gasteiger partial charge in [-0.15, -0.1) is 0 Å². The smallest absolute Gasteiger partial charge is 0.221 e. The molecule has 4 heteroatoms. The van der Waals surface area contributed by atoms with Gasteiger partial charge in [-0.3, -0.25) is 4.79 Å². The molecule has 2 aromatic rings. The quantitative estimate of drug-likeness (QED) is 0.916. The molecule has 0 radical (unpaired) electrons. The fourth-order valence-electron chi connectivity index (χ4n) is 1.74. The number of rotatable bonds is 3. The zero-order valence-corrected chi connectivity index (χ0v) is 11.3. The Labute approximate surface area is 112 Å². The summed E-state index contributed by atoms with van der Waals surface area (Å²) in [7, 11) is 0. The predicted molar refractivity (Wildman–Crippen MR) is 75.9 cm³/mol. The van der Waals surface area contributed by atoms with E-state index in [-0.39, 0.29) is 5.91 Å². The topological polar surface area (TPSA) is 54.9 Å². The van der Waals surface area contributed by atoms with E-state index in [0.29, 0.717) is 5.92 Å². The Hall–Kier alpha value is -2.23. The van der Waals surface area contributed by atoms with Crippen LogP contribution in [0.2, 0.25) is 0 Å². The first-order valence-corrected chi connectivity index (χ1v) is 6.27. The normalized spacial score (nSPS) is 10.5. The van der Waals surface area contributed by atoms with E-state index in [1.807, 2.05) is 30.3 Å². The van der Waals surface area contributed by atoms with Crippen molar-refractivity contribution in [3.05, 3.63) is 42.4 Å². The Morgan fingerprint density at radius 2 is 1.84 bits per heavy atom. The molecule has 0 unspecified atom stereocenters. The van der Waals surface area contributed by atoms with Crippen LogP contribution in [0.4, 0.5) is 5.69 Å². The van der Waals surface area contributed by atoms with Gasteiger partial charge in [0.25, 0.3) is 0 Å². The molecule has 1 aromatic carbocycles. The fraction of sp³-hybridized carbons (Fsp3) is 0.267. The van der Waals surface area contributed by atoms with Gasteiger partial charge in [0.15, 0.2) is 0 Å². The summed E-state index contributed by atoms with van der Waals surface area (Å²) < 4.78 is 0. The van der Waals surface area contributed by atoms with Crippen LogP contribution in [0.1, 0.15) is 32.5 Å². The summed E-state index contributed by atoms with van der Waals surface area (Å²) >= 11 is 0. The van der Waals surface area contributed by atoms with Crippen molar-refractivity contribution < 1.29 is 4.79 Å². The molecule has 0 saturated heterocycles. The average Bonchev–Trinajstić information content (AvgIpc) is 2.39. The van der Waals surface area contributed by atoms with Gasteiger partial charge in [-0.05, 0) is 18.2 Å². The zero-order valence-electron chi connectivity index (χ0n) is 11.3. The second-order valence-electron chi connectivity index (χ2n) is 4.71. The van der Waals surface area contributed by atoms with Crippen LogP contribution in [0.25, 0.3) is 11.3 Å². The van der Waals surface area contributed by atoms with Crippen molar-refractivity contribution in [1.82, 2.24) is 9.97 Å². The lowest BCUT2D eigenvalue weighted by molar-refractivity contribution is -0.114. The molecule has 0 saturated carbocycles. The van der Waals surface area contributed by atoms with Gasteiger partial charge >= 0.3 is 0 Å². The number of nitrogens with zero attached hydrogens (tertiary/aromatic N) is 2. The van der Waals surface area contributed by atoms with Crippen molar-refractivity contribution in [2.45, 2.75) is 26.7 Å². The van der Waals surface area contributed by atoms with E-state index in [0.717, 1.165) is 22.8 Å². The first-order chi connectivity index (χ1) is 9.06. The van der Waals surface area contributed by atoms with Crippen molar-refractivity contribution in [2.24, 2.45) is 0 Å².